The van der Waals surface area contributed by atoms with Crippen molar-refractivity contribution < 1.29 is 14.2 Å². The van der Waals surface area contributed by atoms with Crippen molar-refractivity contribution in [3.63, 3.8) is 0 Å². The Morgan fingerprint density at radius 2 is 1.67 bits per heavy atom. The summed E-state index contributed by atoms with van der Waals surface area (Å²) in [7, 11) is 3.27. The van der Waals surface area contributed by atoms with Crippen molar-refractivity contribution in [2.24, 2.45) is 5.73 Å². The molecule has 2 aliphatic rings. The highest BCUT2D eigenvalue weighted by molar-refractivity contribution is 5.63. The van der Waals surface area contributed by atoms with E-state index in [1.807, 2.05) is 48.5 Å². The van der Waals surface area contributed by atoms with Crippen LogP contribution < -0.4 is 20.5 Å². The highest BCUT2D eigenvalue weighted by Crippen LogP contribution is 2.42. The van der Waals surface area contributed by atoms with E-state index in [9.17, 15) is 5.26 Å². The van der Waals surface area contributed by atoms with Gasteiger partial charge in [0.05, 0.1) is 20.1 Å². The van der Waals surface area contributed by atoms with Gasteiger partial charge in [0.2, 0.25) is 5.88 Å². The Morgan fingerprint density at radius 3 is 2.27 bits per heavy atom. The Hall–Kier alpha value is -3.69. The number of rotatable bonds is 4. The van der Waals surface area contributed by atoms with Crippen LogP contribution in [-0.4, -0.2) is 27.3 Å². The first-order valence-electron chi connectivity index (χ1n) is 9.65. The fourth-order valence-corrected chi connectivity index (χ4v) is 3.85. The molecule has 1 atom stereocenters. The van der Waals surface area contributed by atoms with Crippen molar-refractivity contribution in [1.29, 1.82) is 5.26 Å². The number of hydrogen-bond acceptors (Lipinski definition) is 6. The maximum Gasteiger partial charge on any atom is 0.205 e. The summed E-state index contributed by atoms with van der Waals surface area (Å²) >= 11 is 0. The summed E-state index contributed by atoms with van der Waals surface area (Å²) in [6.45, 7) is 1.26. The van der Waals surface area contributed by atoms with Crippen LogP contribution in [0.25, 0.3) is 6.08 Å². The number of nitrogens with one attached hydrogen (secondary N) is 1. The summed E-state index contributed by atoms with van der Waals surface area (Å²) < 4.78 is 16.5. The second-order valence-electron chi connectivity index (χ2n) is 7.10. The van der Waals surface area contributed by atoms with E-state index in [1.54, 1.807) is 14.2 Å². The van der Waals surface area contributed by atoms with Gasteiger partial charge in [-0.3, -0.25) is 0 Å². The van der Waals surface area contributed by atoms with Gasteiger partial charge >= 0.3 is 0 Å². The third-order valence-corrected chi connectivity index (χ3v) is 5.36. The Morgan fingerprint density at radius 1 is 1.03 bits per heavy atom. The smallest absolute Gasteiger partial charge is 0.205 e. The quantitative estimate of drug-likeness (QED) is 0.816. The van der Waals surface area contributed by atoms with Gasteiger partial charge in [0.25, 0.3) is 0 Å². The highest BCUT2D eigenvalue weighted by Gasteiger charge is 2.35. The van der Waals surface area contributed by atoms with Gasteiger partial charge < -0.3 is 25.3 Å². The van der Waals surface area contributed by atoms with Crippen LogP contribution in [0, 0.1) is 11.3 Å². The van der Waals surface area contributed by atoms with Crippen LogP contribution >= 0.6 is 0 Å². The summed E-state index contributed by atoms with van der Waals surface area (Å²) in [6.07, 6.45) is 2.07. The third kappa shape index (κ3) is 3.63. The zero-order valence-electron chi connectivity index (χ0n) is 16.9. The van der Waals surface area contributed by atoms with Crippen LogP contribution in [-0.2, 0) is 4.74 Å². The van der Waals surface area contributed by atoms with Crippen molar-refractivity contribution in [2.45, 2.75) is 5.92 Å². The zero-order chi connectivity index (χ0) is 21.1. The number of hydrogen-bond donors (Lipinski definition) is 2. The Kier molecular flexibility index (Phi) is 5.46. The molecular formula is C24H23N3O3. The van der Waals surface area contributed by atoms with Crippen LogP contribution in [0.5, 0.6) is 11.5 Å². The molecule has 2 aliphatic heterocycles. The number of nitrogens with zero attached hydrogens (tertiary/aromatic N) is 1. The zero-order valence-corrected chi connectivity index (χ0v) is 16.9. The first-order chi connectivity index (χ1) is 14.6. The maximum absolute atomic E-state index is 9.77. The second-order valence-corrected chi connectivity index (χ2v) is 7.10. The van der Waals surface area contributed by atoms with Crippen molar-refractivity contribution >= 4 is 6.08 Å². The number of ether oxygens (including phenoxy) is 3. The number of allylic oxidation sites excluding steroid dienone is 1. The molecule has 0 fully saturated rings. The van der Waals surface area contributed by atoms with Crippen LogP contribution in [0.1, 0.15) is 17.0 Å². The summed E-state index contributed by atoms with van der Waals surface area (Å²) in [6, 6.07) is 17.8. The van der Waals surface area contributed by atoms with Crippen LogP contribution in [0.2, 0.25) is 0 Å². The topological polar surface area (TPSA) is 89.5 Å². The van der Waals surface area contributed by atoms with Crippen LogP contribution in [0.4, 0.5) is 0 Å². The SMILES string of the molecule is COc1ccc(/C=C2\CNCC3=C2OC(N)=C(C#N)C3c2ccc(OC)cc2)cc1. The van der Waals surface area contributed by atoms with Crippen molar-refractivity contribution in [2.75, 3.05) is 27.3 Å². The number of nitrogens with two attached hydrogens (primary N) is 1. The first kappa shape index (κ1) is 19.6. The van der Waals surface area contributed by atoms with Crippen molar-refractivity contribution in [1.82, 2.24) is 5.32 Å². The number of methoxy groups -OCH3 is 2. The lowest BCUT2D eigenvalue weighted by Crippen LogP contribution is -2.34. The number of nitriles is 1. The van der Waals surface area contributed by atoms with E-state index in [0.717, 1.165) is 39.5 Å². The van der Waals surface area contributed by atoms with Gasteiger partial charge in [-0.2, -0.15) is 5.26 Å². The summed E-state index contributed by atoms with van der Waals surface area (Å²) in [4.78, 5) is 0. The van der Waals surface area contributed by atoms with E-state index in [1.165, 1.54) is 0 Å². The molecule has 30 heavy (non-hydrogen) atoms. The summed E-state index contributed by atoms with van der Waals surface area (Å²) in [5.74, 6) is 2.19. The molecule has 0 aliphatic carbocycles. The van der Waals surface area contributed by atoms with Gasteiger partial charge in [-0.25, -0.2) is 0 Å². The third-order valence-electron chi connectivity index (χ3n) is 5.36. The molecule has 4 rings (SSSR count). The molecule has 1 unspecified atom stereocenters. The molecule has 6 nitrogen and oxygen atoms in total. The minimum atomic E-state index is -0.267. The standard InChI is InChI=1S/C24H23N3O3/c1-28-18-7-3-15(4-8-18)11-17-13-27-14-21-22(16-5-9-19(29-2)10-6-16)20(12-25)24(26)30-23(17)21/h3-11,22,27H,13-14,26H2,1-2H3/b17-11+. The van der Waals surface area contributed by atoms with Gasteiger partial charge in [-0.15, -0.1) is 0 Å². The minimum absolute atomic E-state index is 0.152. The fraction of sp³-hybridized carbons (Fsp3) is 0.208. The molecule has 0 amide bonds. The molecular weight excluding hydrogens is 378 g/mol. The van der Waals surface area contributed by atoms with Crippen molar-refractivity contribution in [3.05, 3.63) is 88.0 Å². The van der Waals surface area contributed by atoms with E-state index in [2.05, 4.69) is 17.5 Å². The summed E-state index contributed by atoms with van der Waals surface area (Å²) in [5.41, 5.74) is 10.6. The molecule has 2 heterocycles. The fourth-order valence-electron chi connectivity index (χ4n) is 3.85. The lowest BCUT2D eigenvalue weighted by Gasteiger charge is -2.33. The second kappa shape index (κ2) is 8.36. The van der Waals surface area contributed by atoms with E-state index >= 15 is 0 Å². The van der Waals surface area contributed by atoms with Crippen LogP contribution in [0.3, 0.4) is 0 Å². The van der Waals surface area contributed by atoms with Gasteiger partial charge in [0, 0.05) is 18.7 Å². The lowest BCUT2D eigenvalue weighted by atomic mass is 9.80. The molecule has 0 radical (unpaired) electrons. The Labute approximate surface area is 175 Å². The van der Waals surface area contributed by atoms with E-state index in [-0.39, 0.29) is 11.8 Å². The predicted molar refractivity (Wildman–Crippen MR) is 115 cm³/mol. The molecule has 2 aromatic carbocycles. The van der Waals surface area contributed by atoms with Crippen LogP contribution in [0.15, 0.2) is 76.9 Å². The first-order valence-corrected chi connectivity index (χ1v) is 9.65. The molecule has 152 valence electrons. The largest absolute Gasteiger partial charge is 0.497 e. The van der Waals surface area contributed by atoms with Gasteiger partial charge in [-0.1, -0.05) is 24.3 Å². The maximum atomic E-state index is 9.77. The van der Waals surface area contributed by atoms with Gasteiger partial charge in [0.1, 0.15) is 28.9 Å². The minimum Gasteiger partial charge on any atom is -0.497 e. The monoisotopic (exact) mass is 401 g/mol. The average molecular weight is 401 g/mol. The highest BCUT2D eigenvalue weighted by atomic mass is 16.5. The summed E-state index contributed by atoms with van der Waals surface area (Å²) in [5, 5.41) is 13.2. The Bertz CT molecular complexity index is 1070. The molecule has 0 aromatic heterocycles. The molecule has 0 spiro atoms. The van der Waals surface area contributed by atoms with Gasteiger partial charge in [-0.05, 0) is 47.0 Å². The average Bonchev–Trinajstić information content (AvgIpc) is 2.79. The number of benzene rings is 2. The molecule has 0 saturated carbocycles. The normalized spacial score (nSPS) is 19.8. The van der Waals surface area contributed by atoms with Gasteiger partial charge in [0.15, 0.2) is 0 Å². The molecule has 0 bridgehead atoms. The molecule has 0 saturated heterocycles. The van der Waals surface area contributed by atoms with E-state index < -0.39 is 0 Å². The molecule has 6 heteroatoms. The lowest BCUT2D eigenvalue weighted by molar-refractivity contribution is 0.279. The van der Waals surface area contributed by atoms with Crippen molar-refractivity contribution in [3.8, 4) is 17.6 Å². The van der Waals surface area contributed by atoms with E-state index in [0.29, 0.717) is 18.7 Å². The molecule has 2 aromatic rings. The predicted octanol–water partition coefficient (Wildman–Crippen LogP) is 3.45. The van der Waals surface area contributed by atoms with E-state index in [4.69, 9.17) is 19.9 Å². The molecule has 3 N–H and O–H groups in total. The Balaban J connectivity index is 1.78.